The van der Waals surface area contributed by atoms with Crippen molar-refractivity contribution < 1.29 is 9.85 Å². The lowest BCUT2D eigenvalue weighted by Gasteiger charge is -1.97. The van der Waals surface area contributed by atoms with Gasteiger partial charge >= 0.3 is 10.9 Å². The van der Waals surface area contributed by atoms with Crippen LogP contribution in [0.15, 0.2) is 20.2 Å². The molecule has 0 aliphatic heterocycles. The first-order chi connectivity index (χ1) is 6.82. The molecule has 0 spiro atoms. The molecule has 0 saturated carbocycles. The van der Waals surface area contributed by atoms with E-state index in [-0.39, 0.29) is 4.36 Å². The highest BCUT2D eigenvalue weighted by atomic mass is 35.5. The lowest BCUT2D eigenvalue weighted by atomic mass is 10.5. The van der Waals surface area contributed by atoms with Gasteiger partial charge in [-0.05, 0) is 17.9 Å². The molecule has 0 heterocycles. The fourth-order valence-corrected chi connectivity index (χ4v) is 1.47. The number of hydrogen-bond acceptors (Lipinski definition) is 5. The smallest absolute Gasteiger partial charge is 0.258 e. The third-order valence-electron chi connectivity index (χ3n) is 1.10. The van der Waals surface area contributed by atoms with Gasteiger partial charge in [-0.2, -0.15) is 0 Å². The summed E-state index contributed by atoms with van der Waals surface area (Å²) in [6, 6.07) is 0. The molecule has 0 N–H and O–H groups in total. The van der Waals surface area contributed by atoms with Crippen molar-refractivity contribution in [3.63, 3.8) is 0 Å². The highest BCUT2D eigenvalue weighted by molar-refractivity contribution is 8.03. The van der Waals surface area contributed by atoms with Crippen molar-refractivity contribution in [1.82, 2.24) is 0 Å². The average Bonchev–Trinajstić information content (AvgIpc) is 2.15. The van der Waals surface area contributed by atoms with Gasteiger partial charge in [0.05, 0.1) is 9.85 Å². The van der Waals surface area contributed by atoms with E-state index in [1.54, 1.807) is 0 Å². The van der Waals surface area contributed by atoms with E-state index in [2.05, 4.69) is 0 Å². The molecule has 0 aromatic heterocycles. The van der Waals surface area contributed by atoms with Crippen LogP contribution < -0.4 is 0 Å². The zero-order chi connectivity index (χ0) is 12.2. The molecule has 0 fully saturated rings. The Kier molecular flexibility index (Phi) is 5.96. The fraction of sp³-hybridized carbons (Fsp3) is 0.200. The quantitative estimate of drug-likeness (QED) is 0.344. The molecule has 0 atom stereocenters. The number of nitro groups is 2. The van der Waals surface area contributed by atoms with Gasteiger partial charge in [0.15, 0.2) is 4.36 Å². The summed E-state index contributed by atoms with van der Waals surface area (Å²) in [6.45, 7) is 0. The van der Waals surface area contributed by atoms with Gasteiger partial charge in [-0.3, -0.25) is 20.2 Å². The molecule has 15 heavy (non-hydrogen) atoms. The van der Waals surface area contributed by atoms with E-state index in [9.17, 15) is 20.2 Å². The predicted octanol–water partition coefficient (Wildman–Crippen LogP) is 2.96. The van der Waals surface area contributed by atoms with Crippen molar-refractivity contribution in [2.45, 2.75) is 0 Å². The van der Waals surface area contributed by atoms with E-state index < -0.39 is 25.7 Å². The summed E-state index contributed by atoms with van der Waals surface area (Å²) in [5.74, 6) is 0. The summed E-state index contributed by atoms with van der Waals surface area (Å²) < 4.78 is -0.287. The number of rotatable bonds is 4. The second kappa shape index (κ2) is 6.16. The van der Waals surface area contributed by atoms with Crippen LogP contribution in [0.2, 0.25) is 0 Å². The van der Waals surface area contributed by atoms with Gasteiger partial charge in [0.2, 0.25) is 5.03 Å². The first-order valence-electron chi connectivity index (χ1n) is 3.11. The third kappa shape index (κ3) is 3.86. The Morgan fingerprint density at radius 3 is 1.87 bits per heavy atom. The van der Waals surface area contributed by atoms with Crippen molar-refractivity contribution in [2.24, 2.45) is 0 Å². The second-order valence-electron chi connectivity index (χ2n) is 1.95. The first kappa shape index (κ1) is 14.5. The van der Waals surface area contributed by atoms with Crippen molar-refractivity contribution in [3.05, 3.63) is 40.5 Å². The van der Waals surface area contributed by atoms with Crippen LogP contribution in [-0.4, -0.2) is 16.1 Å². The Labute approximate surface area is 103 Å². The monoisotopic (exact) mass is 292 g/mol. The van der Waals surface area contributed by atoms with Gasteiger partial charge in [-0.1, -0.05) is 23.2 Å². The van der Waals surface area contributed by atoms with Gasteiger partial charge in [0, 0.05) is 0 Å². The highest BCUT2D eigenvalue weighted by Gasteiger charge is 2.29. The minimum absolute atomic E-state index is 0.287. The van der Waals surface area contributed by atoms with Crippen molar-refractivity contribution in [3.8, 4) is 0 Å². The maximum absolute atomic E-state index is 10.5. The summed E-state index contributed by atoms with van der Waals surface area (Å²) in [6.07, 6.45) is 1.45. The Morgan fingerprint density at radius 1 is 1.13 bits per heavy atom. The van der Waals surface area contributed by atoms with Crippen LogP contribution in [0.25, 0.3) is 0 Å². The lowest BCUT2D eigenvalue weighted by molar-refractivity contribution is -0.428. The fourth-order valence-electron chi connectivity index (χ4n) is 0.513. The largest absolute Gasteiger partial charge is 0.362 e. The maximum atomic E-state index is 10.5. The molecule has 84 valence electrons. The van der Waals surface area contributed by atoms with Crippen LogP contribution in [0.1, 0.15) is 0 Å². The molecule has 0 aliphatic rings. The number of halogens is 3. The molecule has 0 radical (unpaired) electrons. The standard InChI is InChI=1S/C5H3Cl3N2O4S/c1-15-5(8)3(9(11)12)2(6)4(7)10(13)14/h1H3/b4-2-,5-3-. The Bertz CT molecular complexity index is 367. The van der Waals surface area contributed by atoms with Crippen LogP contribution in [0.5, 0.6) is 0 Å². The predicted molar refractivity (Wildman–Crippen MR) is 59.1 cm³/mol. The summed E-state index contributed by atoms with van der Waals surface area (Å²) in [5, 5.41) is 18.9. The van der Waals surface area contributed by atoms with E-state index >= 15 is 0 Å². The van der Waals surface area contributed by atoms with Crippen LogP contribution in [0, 0.1) is 20.2 Å². The van der Waals surface area contributed by atoms with E-state index in [1.807, 2.05) is 0 Å². The van der Waals surface area contributed by atoms with Crippen molar-refractivity contribution in [1.29, 1.82) is 0 Å². The van der Waals surface area contributed by atoms with Crippen molar-refractivity contribution >= 4 is 46.6 Å². The van der Waals surface area contributed by atoms with Gasteiger partial charge in [0.25, 0.3) is 0 Å². The molecule has 10 heteroatoms. The van der Waals surface area contributed by atoms with E-state index in [0.29, 0.717) is 0 Å². The summed E-state index contributed by atoms with van der Waals surface area (Å²) >= 11 is 16.8. The number of hydrogen-bond donors (Lipinski definition) is 0. The van der Waals surface area contributed by atoms with Crippen LogP contribution in [0.3, 0.4) is 0 Å². The van der Waals surface area contributed by atoms with E-state index in [1.165, 1.54) is 6.26 Å². The minimum atomic E-state index is -1.05. The Balaban J connectivity index is 5.61. The lowest BCUT2D eigenvalue weighted by Crippen LogP contribution is -2.04. The Hall–Kier alpha value is -0.500. The van der Waals surface area contributed by atoms with E-state index in [4.69, 9.17) is 34.8 Å². The molecule has 0 aromatic rings. The summed E-state index contributed by atoms with van der Waals surface area (Å²) in [5.41, 5.74) is -0.785. The third-order valence-corrected chi connectivity index (χ3v) is 3.07. The molecular weight excluding hydrogens is 290 g/mol. The van der Waals surface area contributed by atoms with Crippen molar-refractivity contribution in [2.75, 3.05) is 6.26 Å². The number of allylic oxidation sites excluding steroid dienone is 1. The number of nitrogens with zero attached hydrogens (tertiary/aromatic N) is 2. The SMILES string of the molecule is CS/C(Cl)=C(/C(Cl)=C(\Cl)[N+](=O)[O-])[N+](=O)[O-]. The zero-order valence-electron chi connectivity index (χ0n) is 7.07. The first-order valence-corrected chi connectivity index (χ1v) is 5.47. The van der Waals surface area contributed by atoms with Gasteiger partial charge in [-0.15, -0.1) is 11.8 Å². The van der Waals surface area contributed by atoms with E-state index in [0.717, 1.165) is 11.8 Å². The second-order valence-corrected chi connectivity index (χ2v) is 4.10. The van der Waals surface area contributed by atoms with Gasteiger partial charge < -0.3 is 0 Å². The molecule has 0 unspecified atom stereocenters. The molecule has 0 amide bonds. The average molecular weight is 294 g/mol. The molecule has 0 saturated heterocycles. The topological polar surface area (TPSA) is 86.3 Å². The molecule has 0 rings (SSSR count). The molecule has 0 bridgehead atoms. The molecular formula is C5H3Cl3N2O4S. The minimum Gasteiger partial charge on any atom is -0.258 e. The number of thioether (sulfide) groups is 1. The van der Waals surface area contributed by atoms with Crippen LogP contribution in [0.4, 0.5) is 0 Å². The summed E-state index contributed by atoms with van der Waals surface area (Å²) in [4.78, 5) is 18.8. The summed E-state index contributed by atoms with van der Waals surface area (Å²) in [7, 11) is 0. The molecule has 0 aromatic carbocycles. The van der Waals surface area contributed by atoms with Crippen LogP contribution in [-0.2, 0) is 0 Å². The Morgan fingerprint density at radius 2 is 1.60 bits per heavy atom. The molecule has 6 nitrogen and oxygen atoms in total. The maximum Gasteiger partial charge on any atom is 0.362 e. The van der Waals surface area contributed by atoms with Gasteiger partial charge in [-0.25, -0.2) is 0 Å². The molecule has 0 aliphatic carbocycles. The normalized spacial score (nSPS) is 14.1. The van der Waals surface area contributed by atoms with Gasteiger partial charge in [0.1, 0.15) is 0 Å². The highest BCUT2D eigenvalue weighted by Crippen LogP contribution is 2.31. The zero-order valence-corrected chi connectivity index (χ0v) is 10.2. The van der Waals surface area contributed by atoms with Crippen LogP contribution >= 0.6 is 46.6 Å².